The Bertz CT molecular complexity index is 1150. The van der Waals surface area contributed by atoms with Crippen LogP contribution >= 0.6 is 0 Å². The largest absolute Gasteiger partial charge is 0.454 e. The molecule has 0 aliphatic carbocycles. The second-order valence-electron chi connectivity index (χ2n) is 8.17. The van der Waals surface area contributed by atoms with E-state index in [9.17, 15) is 9.18 Å². The van der Waals surface area contributed by atoms with Crippen molar-refractivity contribution >= 4 is 11.6 Å². The summed E-state index contributed by atoms with van der Waals surface area (Å²) in [7, 11) is 0. The van der Waals surface area contributed by atoms with E-state index in [4.69, 9.17) is 9.47 Å². The molecule has 1 aromatic heterocycles. The van der Waals surface area contributed by atoms with Crippen molar-refractivity contribution in [2.24, 2.45) is 5.92 Å². The standard InChI is InChI=1S/C23H22FN3O3/c1-12(2)8-17-20-21(26-25-17)23(28)27(15-5-7-18-19(10-15)30-11-29-18)22(20)16-6-4-14(24)9-13(16)3/h4-7,9-10,12,22H,8,11H2,1-3H3,(H,25,26). The molecule has 0 bridgehead atoms. The third kappa shape index (κ3) is 2.84. The smallest absolute Gasteiger partial charge is 0.277 e. The lowest BCUT2D eigenvalue weighted by molar-refractivity contribution is 0.0988. The number of aryl methyl sites for hydroxylation is 1. The van der Waals surface area contributed by atoms with E-state index in [1.165, 1.54) is 12.1 Å². The van der Waals surface area contributed by atoms with Gasteiger partial charge in [-0.1, -0.05) is 19.9 Å². The van der Waals surface area contributed by atoms with Crippen LogP contribution in [0.25, 0.3) is 0 Å². The van der Waals surface area contributed by atoms with Gasteiger partial charge < -0.3 is 9.47 Å². The van der Waals surface area contributed by atoms with E-state index in [2.05, 4.69) is 24.0 Å². The molecule has 0 saturated carbocycles. The van der Waals surface area contributed by atoms with Crippen molar-refractivity contribution in [3.8, 4) is 11.5 Å². The van der Waals surface area contributed by atoms with Crippen molar-refractivity contribution in [2.75, 3.05) is 11.7 Å². The molecule has 0 radical (unpaired) electrons. The van der Waals surface area contributed by atoms with Crippen molar-refractivity contribution in [2.45, 2.75) is 33.2 Å². The SMILES string of the molecule is Cc1cc(F)ccc1C1c2c(CC(C)C)n[nH]c2C(=O)N1c1ccc2c(c1)OCO2. The number of aromatic nitrogens is 2. The minimum absolute atomic E-state index is 0.161. The summed E-state index contributed by atoms with van der Waals surface area (Å²) in [6.45, 7) is 6.26. The molecule has 1 atom stereocenters. The van der Waals surface area contributed by atoms with E-state index in [0.29, 0.717) is 28.8 Å². The molecule has 3 aromatic rings. The molecule has 5 rings (SSSR count). The number of carbonyl (C=O) groups excluding carboxylic acids is 1. The number of fused-ring (bicyclic) bond motifs is 2. The number of aromatic amines is 1. The van der Waals surface area contributed by atoms with Crippen LogP contribution in [-0.2, 0) is 6.42 Å². The number of anilines is 1. The molecule has 0 fully saturated rings. The molecule has 2 aromatic carbocycles. The highest BCUT2D eigenvalue weighted by Gasteiger charge is 2.43. The van der Waals surface area contributed by atoms with Crippen molar-refractivity contribution in [1.29, 1.82) is 0 Å². The Morgan fingerprint density at radius 3 is 2.77 bits per heavy atom. The van der Waals surface area contributed by atoms with Crippen LogP contribution in [0.2, 0.25) is 0 Å². The molecule has 3 heterocycles. The number of nitrogens with one attached hydrogen (secondary N) is 1. The summed E-state index contributed by atoms with van der Waals surface area (Å²) in [4.78, 5) is 15.2. The fourth-order valence-corrected chi connectivity index (χ4v) is 4.30. The van der Waals surface area contributed by atoms with Gasteiger partial charge in [0.1, 0.15) is 11.5 Å². The minimum Gasteiger partial charge on any atom is -0.454 e. The van der Waals surface area contributed by atoms with Gasteiger partial charge in [-0.2, -0.15) is 5.10 Å². The number of benzene rings is 2. The molecule has 6 nitrogen and oxygen atoms in total. The van der Waals surface area contributed by atoms with Gasteiger partial charge in [-0.15, -0.1) is 0 Å². The average molecular weight is 407 g/mol. The fraction of sp³-hybridized carbons (Fsp3) is 0.304. The molecular weight excluding hydrogens is 385 g/mol. The lowest BCUT2D eigenvalue weighted by Gasteiger charge is -2.28. The number of halogens is 1. The number of hydrogen-bond donors (Lipinski definition) is 1. The third-order valence-electron chi connectivity index (χ3n) is 5.61. The highest BCUT2D eigenvalue weighted by atomic mass is 19.1. The van der Waals surface area contributed by atoms with E-state index in [1.54, 1.807) is 17.0 Å². The van der Waals surface area contributed by atoms with Gasteiger partial charge in [0.05, 0.1) is 11.7 Å². The first kappa shape index (κ1) is 18.7. The van der Waals surface area contributed by atoms with E-state index in [1.807, 2.05) is 19.1 Å². The Morgan fingerprint density at radius 1 is 1.20 bits per heavy atom. The molecule has 154 valence electrons. The molecule has 1 unspecified atom stereocenters. The number of carbonyl (C=O) groups is 1. The van der Waals surface area contributed by atoms with Crippen LogP contribution in [0.15, 0.2) is 36.4 Å². The number of hydrogen-bond acceptors (Lipinski definition) is 4. The predicted octanol–water partition coefficient (Wildman–Crippen LogP) is 4.53. The predicted molar refractivity (Wildman–Crippen MR) is 109 cm³/mol. The molecule has 0 spiro atoms. The third-order valence-corrected chi connectivity index (χ3v) is 5.61. The summed E-state index contributed by atoms with van der Waals surface area (Å²) in [6.07, 6.45) is 0.741. The average Bonchev–Trinajstić information content (AvgIpc) is 3.38. The maximum atomic E-state index is 13.8. The molecule has 30 heavy (non-hydrogen) atoms. The lowest BCUT2D eigenvalue weighted by atomic mass is 9.92. The number of nitrogens with zero attached hydrogens (tertiary/aromatic N) is 2. The molecule has 2 aliphatic heterocycles. The zero-order valence-corrected chi connectivity index (χ0v) is 17.0. The first-order valence-electron chi connectivity index (χ1n) is 10.0. The van der Waals surface area contributed by atoms with Crippen LogP contribution in [0.5, 0.6) is 11.5 Å². The van der Waals surface area contributed by atoms with Crippen molar-refractivity contribution in [1.82, 2.24) is 10.2 Å². The van der Waals surface area contributed by atoms with Crippen LogP contribution in [0, 0.1) is 18.7 Å². The first-order valence-corrected chi connectivity index (χ1v) is 10.0. The Morgan fingerprint density at radius 2 is 2.00 bits per heavy atom. The molecular formula is C23H22FN3O3. The highest BCUT2D eigenvalue weighted by Crippen LogP contribution is 2.46. The quantitative estimate of drug-likeness (QED) is 0.690. The van der Waals surface area contributed by atoms with Crippen LogP contribution in [0.4, 0.5) is 10.1 Å². The van der Waals surface area contributed by atoms with Crippen LogP contribution < -0.4 is 14.4 Å². The van der Waals surface area contributed by atoms with Crippen molar-refractivity contribution in [3.63, 3.8) is 0 Å². The van der Waals surface area contributed by atoms with E-state index >= 15 is 0 Å². The summed E-state index contributed by atoms with van der Waals surface area (Å²) in [5, 5.41) is 7.40. The Hall–Kier alpha value is -3.35. The molecule has 1 N–H and O–H groups in total. The fourth-order valence-electron chi connectivity index (χ4n) is 4.30. The van der Waals surface area contributed by atoms with Gasteiger partial charge >= 0.3 is 0 Å². The second kappa shape index (κ2) is 6.86. The Balaban J connectivity index is 1.69. The normalized spacial score (nSPS) is 17.2. The van der Waals surface area contributed by atoms with Gasteiger partial charge in [0.2, 0.25) is 6.79 Å². The van der Waals surface area contributed by atoms with E-state index in [0.717, 1.165) is 28.8 Å². The molecule has 2 aliphatic rings. The zero-order chi connectivity index (χ0) is 21.0. The summed E-state index contributed by atoms with van der Waals surface area (Å²) in [5.41, 5.74) is 4.55. The monoisotopic (exact) mass is 407 g/mol. The van der Waals surface area contributed by atoms with Gasteiger partial charge in [-0.3, -0.25) is 14.8 Å². The Kier molecular flexibility index (Phi) is 4.27. The first-order chi connectivity index (χ1) is 14.4. The topological polar surface area (TPSA) is 67.5 Å². The summed E-state index contributed by atoms with van der Waals surface area (Å²) in [5.74, 6) is 1.17. The van der Waals surface area contributed by atoms with Crippen LogP contribution in [0.3, 0.4) is 0 Å². The Labute approximate surface area is 173 Å². The van der Waals surface area contributed by atoms with Gasteiger partial charge in [-0.25, -0.2) is 4.39 Å². The number of H-pyrrole nitrogens is 1. The van der Waals surface area contributed by atoms with Gasteiger partial charge in [0, 0.05) is 17.3 Å². The zero-order valence-electron chi connectivity index (χ0n) is 17.0. The summed E-state index contributed by atoms with van der Waals surface area (Å²) in [6, 6.07) is 9.75. The number of ether oxygens (including phenoxy) is 2. The number of amides is 1. The van der Waals surface area contributed by atoms with Crippen LogP contribution in [-0.4, -0.2) is 22.9 Å². The second-order valence-corrected chi connectivity index (χ2v) is 8.17. The van der Waals surface area contributed by atoms with Gasteiger partial charge in [0.15, 0.2) is 11.5 Å². The minimum atomic E-state index is -0.402. The van der Waals surface area contributed by atoms with E-state index in [-0.39, 0.29) is 18.5 Å². The maximum absolute atomic E-state index is 13.8. The lowest BCUT2D eigenvalue weighted by Crippen LogP contribution is -2.30. The summed E-state index contributed by atoms with van der Waals surface area (Å²) >= 11 is 0. The van der Waals surface area contributed by atoms with E-state index < -0.39 is 6.04 Å². The molecule has 0 saturated heterocycles. The van der Waals surface area contributed by atoms with Gasteiger partial charge in [-0.05, 0) is 54.7 Å². The van der Waals surface area contributed by atoms with Crippen molar-refractivity contribution < 1.29 is 18.7 Å². The highest BCUT2D eigenvalue weighted by molar-refractivity contribution is 6.10. The summed E-state index contributed by atoms with van der Waals surface area (Å²) < 4.78 is 24.8. The van der Waals surface area contributed by atoms with Crippen LogP contribution in [0.1, 0.15) is 52.8 Å². The molecule has 7 heteroatoms. The van der Waals surface area contributed by atoms with Gasteiger partial charge in [0.25, 0.3) is 5.91 Å². The maximum Gasteiger partial charge on any atom is 0.277 e. The molecule has 1 amide bonds. The number of rotatable bonds is 4. The van der Waals surface area contributed by atoms with Crippen molar-refractivity contribution in [3.05, 3.63) is 70.3 Å².